The predicted octanol–water partition coefficient (Wildman–Crippen LogP) is 2.53. The molecule has 6 nitrogen and oxygen atoms in total. The first kappa shape index (κ1) is 14.5. The van der Waals surface area contributed by atoms with E-state index < -0.39 is 6.10 Å². The summed E-state index contributed by atoms with van der Waals surface area (Å²) in [7, 11) is 0. The van der Waals surface area contributed by atoms with E-state index in [0.717, 1.165) is 4.88 Å². The van der Waals surface area contributed by atoms with Crippen LogP contribution in [-0.2, 0) is 11.2 Å². The fourth-order valence-electron chi connectivity index (χ4n) is 1.36. The molecule has 0 amide bonds. The molecule has 1 N–H and O–H groups in total. The number of carbonyl (C=O) groups is 1. The predicted molar refractivity (Wildman–Crippen MR) is 68.6 cm³/mol. The monoisotopic (exact) mass is 269 g/mol. The molecule has 0 aromatic carbocycles. The molecular formula is C11H15N3O3S. The number of hydrogen-bond donors (Lipinski definition) is 1. The van der Waals surface area contributed by atoms with Crippen molar-refractivity contribution in [1.29, 1.82) is 0 Å². The lowest BCUT2D eigenvalue weighted by Crippen LogP contribution is -2.10. The van der Waals surface area contributed by atoms with E-state index >= 15 is 0 Å². The van der Waals surface area contributed by atoms with Crippen LogP contribution in [0, 0.1) is 0 Å². The Hall–Kier alpha value is -1.56. The summed E-state index contributed by atoms with van der Waals surface area (Å²) in [6.45, 7) is 2.20. The van der Waals surface area contributed by atoms with E-state index in [4.69, 9.17) is 10.3 Å². The highest BCUT2D eigenvalue weighted by atomic mass is 32.1. The van der Waals surface area contributed by atoms with Crippen molar-refractivity contribution in [2.24, 2.45) is 5.11 Å². The van der Waals surface area contributed by atoms with E-state index in [-0.39, 0.29) is 12.5 Å². The molecule has 0 bridgehead atoms. The van der Waals surface area contributed by atoms with Gasteiger partial charge in [-0.15, -0.1) is 11.3 Å². The van der Waals surface area contributed by atoms with Gasteiger partial charge in [-0.05, 0) is 37.4 Å². The molecule has 0 fully saturated rings. The van der Waals surface area contributed by atoms with Gasteiger partial charge in [-0.1, -0.05) is 5.11 Å². The molecule has 1 unspecified atom stereocenters. The molecule has 0 saturated carbocycles. The van der Waals surface area contributed by atoms with Crippen LogP contribution in [0.3, 0.4) is 0 Å². The molecule has 1 heterocycles. The van der Waals surface area contributed by atoms with Gasteiger partial charge in [0, 0.05) is 9.79 Å². The molecule has 0 aliphatic heterocycles. The normalized spacial score (nSPS) is 11.7. The van der Waals surface area contributed by atoms with Crippen LogP contribution in [0.5, 0.6) is 0 Å². The highest BCUT2D eigenvalue weighted by Gasteiger charge is 2.11. The smallest absolute Gasteiger partial charge is 0.348 e. The van der Waals surface area contributed by atoms with Crippen molar-refractivity contribution in [2.45, 2.75) is 25.9 Å². The lowest BCUT2D eigenvalue weighted by molar-refractivity contribution is 0.0532. The summed E-state index contributed by atoms with van der Waals surface area (Å²) in [4.78, 5) is 15.6. The molecule has 18 heavy (non-hydrogen) atoms. The summed E-state index contributed by atoms with van der Waals surface area (Å²) in [5.74, 6) is -0.316. The Labute approximate surface area is 109 Å². The summed E-state index contributed by atoms with van der Waals surface area (Å²) in [6.07, 6.45) is 0.502. The molecule has 0 radical (unpaired) electrons. The minimum absolute atomic E-state index is 0.0760. The summed E-state index contributed by atoms with van der Waals surface area (Å²) in [6, 6.07) is 3.56. The molecular weight excluding hydrogens is 254 g/mol. The lowest BCUT2D eigenvalue weighted by Gasteiger charge is -2.04. The number of nitrogens with zero attached hydrogens (tertiary/aromatic N) is 3. The number of hydrogen-bond acceptors (Lipinski definition) is 5. The molecule has 1 atom stereocenters. The summed E-state index contributed by atoms with van der Waals surface area (Å²) < 4.78 is 4.89. The number of carbonyl (C=O) groups excluding carboxylic acids is 1. The van der Waals surface area contributed by atoms with Gasteiger partial charge in [0.15, 0.2) is 0 Å². The maximum absolute atomic E-state index is 11.4. The van der Waals surface area contributed by atoms with Crippen molar-refractivity contribution >= 4 is 17.3 Å². The average Bonchev–Trinajstić information content (AvgIpc) is 2.83. The van der Waals surface area contributed by atoms with Crippen LogP contribution in [0.25, 0.3) is 10.4 Å². The first-order chi connectivity index (χ1) is 8.67. The molecule has 1 aromatic heterocycles. The van der Waals surface area contributed by atoms with Crippen molar-refractivity contribution in [1.82, 2.24) is 0 Å². The van der Waals surface area contributed by atoms with Gasteiger partial charge in [-0.3, -0.25) is 0 Å². The first-order valence-corrected chi connectivity index (χ1v) is 6.43. The minimum Gasteiger partial charge on any atom is -0.462 e. The van der Waals surface area contributed by atoms with Crippen LogP contribution >= 0.6 is 11.3 Å². The highest BCUT2D eigenvalue weighted by Crippen LogP contribution is 2.19. The third kappa shape index (κ3) is 4.75. The maximum Gasteiger partial charge on any atom is 0.348 e. The van der Waals surface area contributed by atoms with Gasteiger partial charge in [-0.25, -0.2) is 4.79 Å². The van der Waals surface area contributed by atoms with Crippen molar-refractivity contribution in [2.75, 3.05) is 13.2 Å². The van der Waals surface area contributed by atoms with E-state index in [9.17, 15) is 9.90 Å². The zero-order valence-corrected chi connectivity index (χ0v) is 10.9. The van der Waals surface area contributed by atoms with E-state index in [2.05, 4.69) is 10.0 Å². The first-order valence-electron chi connectivity index (χ1n) is 5.62. The number of rotatable bonds is 7. The number of azide groups is 1. The van der Waals surface area contributed by atoms with Crippen LogP contribution in [0.15, 0.2) is 17.2 Å². The quantitative estimate of drug-likeness (QED) is 0.356. The zero-order valence-electron chi connectivity index (χ0n) is 10.1. The Bertz CT molecular complexity index is 440. The van der Waals surface area contributed by atoms with Crippen LogP contribution in [0.2, 0.25) is 0 Å². The van der Waals surface area contributed by atoms with Crippen LogP contribution in [-0.4, -0.2) is 30.3 Å². The van der Waals surface area contributed by atoms with Gasteiger partial charge in [0.25, 0.3) is 0 Å². The largest absolute Gasteiger partial charge is 0.462 e. The van der Waals surface area contributed by atoms with Crippen LogP contribution < -0.4 is 0 Å². The van der Waals surface area contributed by atoms with Crippen LogP contribution in [0.4, 0.5) is 0 Å². The molecule has 1 aromatic rings. The highest BCUT2D eigenvalue weighted by molar-refractivity contribution is 7.13. The van der Waals surface area contributed by atoms with Crippen LogP contribution in [0.1, 0.15) is 27.9 Å². The number of aliphatic hydroxyl groups is 1. The number of esters is 1. The van der Waals surface area contributed by atoms with Crippen molar-refractivity contribution in [3.05, 3.63) is 32.3 Å². The second-order valence-corrected chi connectivity index (χ2v) is 4.76. The average molecular weight is 269 g/mol. The van der Waals surface area contributed by atoms with Crippen molar-refractivity contribution < 1.29 is 14.6 Å². The standard InChI is InChI=1S/C11H15N3O3S/c1-2-17-11(16)10-6-5-9(18-10)4-3-8(15)7-13-14-12/h5-6,8,15H,2-4,7H2,1H3. The SMILES string of the molecule is CCOC(=O)c1ccc(CCC(O)CN=[N+]=[N-])s1. The third-order valence-corrected chi connectivity index (χ3v) is 3.34. The fraction of sp³-hybridized carbons (Fsp3) is 0.545. The molecule has 7 heteroatoms. The fourth-order valence-corrected chi connectivity index (χ4v) is 2.27. The molecule has 0 aliphatic rings. The second kappa shape index (κ2) is 7.71. The number of aryl methyl sites for hydroxylation is 1. The van der Waals surface area contributed by atoms with Gasteiger partial charge in [0.05, 0.1) is 19.3 Å². The van der Waals surface area contributed by atoms with Gasteiger partial charge < -0.3 is 9.84 Å². The van der Waals surface area contributed by atoms with Crippen molar-refractivity contribution in [3.8, 4) is 0 Å². The van der Waals surface area contributed by atoms with Gasteiger partial charge in [0.2, 0.25) is 0 Å². The Morgan fingerprint density at radius 3 is 3.11 bits per heavy atom. The Kier molecular flexibility index (Phi) is 6.21. The van der Waals surface area contributed by atoms with E-state index in [1.165, 1.54) is 11.3 Å². The Morgan fingerprint density at radius 2 is 2.44 bits per heavy atom. The van der Waals surface area contributed by atoms with E-state index in [1.807, 2.05) is 6.07 Å². The Balaban J connectivity index is 2.44. The number of ether oxygens (including phenoxy) is 1. The number of thiophene rings is 1. The molecule has 98 valence electrons. The third-order valence-electron chi connectivity index (χ3n) is 2.22. The zero-order chi connectivity index (χ0) is 13.4. The Morgan fingerprint density at radius 1 is 1.67 bits per heavy atom. The summed E-state index contributed by atoms with van der Waals surface area (Å²) >= 11 is 1.36. The summed E-state index contributed by atoms with van der Waals surface area (Å²) in [5.41, 5.74) is 8.11. The lowest BCUT2D eigenvalue weighted by atomic mass is 10.2. The molecule has 0 spiro atoms. The maximum atomic E-state index is 11.4. The molecule has 0 saturated heterocycles. The minimum atomic E-state index is -0.644. The van der Waals surface area contributed by atoms with Gasteiger partial charge >= 0.3 is 5.97 Å². The van der Waals surface area contributed by atoms with Gasteiger partial charge in [-0.2, -0.15) is 0 Å². The van der Waals surface area contributed by atoms with Gasteiger partial charge in [0.1, 0.15) is 4.88 Å². The number of aliphatic hydroxyl groups excluding tert-OH is 1. The topological polar surface area (TPSA) is 95.3 Å². The summed E-state index contributed by atoms with van der Waals surface area (Å²) in [5, 5.41) is 12.8. The van der Waals surface area contributed by atoms with E-state index in [1.54, 1.807) is 13.0 Å². The van der Waals surface area contributed by atoms with E-state index in [0.29, 0.717) is 24.3 Å². The second-order valence-electron chi connectivity index (χ2n) is 3.59. The molecule has 0 aliphatic carbocycles. The molecule has 1 rings (SSSR count). The van der Waals surface area contributed by atoms with Crippen molar-refractivity contribution in [3.63, 3.8) is 0 Å².